The van der Waals surface area contributed by atoms with Crippen LogP contribution >= 0.6 is 0 Å². The summed E-state index contributed by atoms with van der Waals surface area (Å²) < 4.78 is 14.2. The van der Waals surface area contributed by atoms with Crippen LogP contribution in [-0.4, -0.2) is 23.2 Å². The number of ketones is 1. The van der Waals surface area contributed by atoms with Gasteiger partial charge in [0.2, 0.25) is 0 Å². The van der Waals surface area contributed by atoms with Crippen molar-refractivity contribution in [2.24, 2.45) is 34.5 Å². The Morgan fingerprint density at radius 1 is 1.14 bits per heavy atom. The van der Waals surface area contributed by atoms with Gasteiger partial charge in [-0.3, -0.25) is 4.79 Å². The molecule has 4 saturated carbocycles. The molecule has 0 aliphatic heterocycles. The SMILES string of the molecule is C[C@]12CC[C@H]3[C@@H](CCC4CCCC(=O)[C@@]43C)[C@@H]1C[C@@H](F)[C@H]2O. The molecule has 3 heteroatoms. The van der Waals surface area contributed by atoms with Gasteiger partial charge in [0.15, 0.2) is 0 Å². The summed E-state index contributed by atoms with van der Waals surface area (Å²) in [5.74, 6) is 2.15. The van der Waals surface area contributed by atoms with Gasteiger partial charge in [-0.05, 0) is 74.0 Å². The highest BCUT2D eigenvalue weighted by Crippen LogP contribution is 2.65. The first-order chi connectivity index (χ1) is 10.4. The van der Waals surface area contributed by atoms with E-state index in [0.717, 1.165) is 38.5 Å². The van der Waals surface area contributed by atoms with Crippen molar-refractivity contribution in [1.29, 1.82) is 0 Å². The predicted molar refractivity (Wildman–Crippen MR) is 83.0 cm³/mol. The quantitative estimate of drug-likeness (QED) is 0.737. The van der Waals surface area contributed by atoms with Crippen LogP contribution in [0.3, 0.4) is 0 Å². The zero-order valence-electron chi connectivity index (χ0n) is 13.9. The van der Waals surface area contributed by atoms with Gasteiger partial charge in [-0.25, -0.2) is 4.39 Å². The maximum Gasteiger partial charge on any atom is 0.139 e. The average Bonchev–Trinajstić information content (AvgIpc) is 2.72. The number of carbonyl (C=O) groups is 1. The number of hydrogen-bond acceptors (Lipinski definition) is 2. The molecule has 0 saturated heterocycles. The molecular formula is C19H29FO2. The topological polar surface area (TPSA) is 37.3 Å². The monoisotopic (exact) mass is 308 g/mol. The number of halogens is 1. The molecule has 1 unspecified atom stereocenters. The third kappa shape index (κ3) is 1.72. The molecule has 0 heterocycles. The van der Waals surface area contributed by atoms with Crippen LogP contribution in [0.5, 0.6) is 0 Å². The Balaban J connectivity index is 1.69. The maximum atomic E-state index is 14.2. The second-order valence-electron chi connectivity index (χ2n) is 8.99. The minimum absolute atomic E-state index is 0.165. The maximum absolute atomic E-state index is 14.2. The number of hydrogen-bond donors (Lipinski definition) is 1. The van der Waals surface area contributed by atoms with Gasteiger partial charge in [-0.2, -0.15) is 0 Å². The molecule has 0 spiro atoms. The number of carbonyl (C=O) groups excluding carboxylic acids is 1. The van der Waals surface area contributed by atoms with Gasteiger partial charge in [-0.1, -0.05) is 13.8 Å². The van der Waals surface area contributed by atoms with Crippen molar-refractivity contribution in [3.63, 3.8) is 0 Å². The molecule has 0 aromatic heterocycles. The Kier molecular flexibility index (Phi) is 3.28. The predicted octanol–water partition coefficient (Wildman–Crippen LogP) is 3.91. The summed E-state index contributed by atoms with van der Waals surface area (Å²) in [6.07, 6.45) is 5.79. The lowest BCUT2D eigenvalue weighted by molar-refractivity contribution is -0.157. The fraction of sp³-hybridized carbons (Fsp3) is 0.947. The van der Waals surface area contributed by atoms with Crippen LogP contribution in [0.1, 0.15) is 65.2 Å². The first-order valence-electron chi connectivity index (χ1n) is 9.24. The van der Waals surface area contributed by atoms with E-state index in [1.165, 1.54) is 6.42 Å². The lowest BCUT2D eigenvalue weighted by atomic mass is 9.45. The summed E-state index contributed by atoms with van der Waals surface area (Å²) >= 11 is 0. The van der Waals surface area contributed by atoms with Crippen LogP contribution in [0.2, 0.25) is 0 Å². The third-order valence-corrected chi connectivity index (χ3v) is 8.40. The molecule has 1 N–H and O–H groups in total. The van der Waals surface area contributed by atoms with Crippen molar-refractivity contribution < 1.29 is 14.3 Å². The average molecular weight is 308 g/mol. The van der Waals surface area contributed by atoms with Gasteiger partial charge < -0.3 is 5.11 Å². The highest BCUT2D eigenvalue weighted by Gasteiger charge is 2.63. The minimum Gasteiger partial charge on any atom is -0.390 e. The van der Waals surface area contributed by atoms with Gasteiger partial charge in [0.05, 0.1) is 6.10 Å². The fourth-order valence-corrected chi connectivity index (χ4v) is 7.03. The number of rotatable bonds is 0. The van der Waals surface area contributed by atoms with Gasteiger partial charge in [0.25, 0.3) is 0 Å². The van der Waals surface area contributed by atoms with Crippen LogP contribution in [0.25, 0.3) is 0 Å². The molecule has 4 aliphatic carbocycles. The van der Waals surface area contributed by atoms with E-state index >= 15 is 0 Å². The Morgan fingerprint density at radius 3 is 2.68 bits per heavy atom. The van der Waals surface area contributed by atoms with Crippen molar-refractivity contribution in [2.45, 2.75) is 77.5 Å². The molecular weight excluding hydrogens is 279 g/mol. The van der Waals surface area contributed by atoms with Crippen LogP contribution < -0.4 is 0 Å². The van der Waals surface area contributed by atoms with Gasteiger partial charge >= 0.3 is 0 Å². The number of alkyl halides is 1. The van der Waals surface area contributed by atoms with Crippen molar-refractivity contribution in [3.05, 3.63) is 0 Å². The van der Waals surface area contributed by atoms with Gasteiger partial charge in [0.1, 0.15) is 12.0 Å². The third-order valence-electron chi connectivity index (χ3n) is 8.40. The first kappa shape index (κ1) is 15.1. The summed E-state index contributed by atoms with van der Waals surface area (Å²) in [7, 11) is 0. The van der Waals surface area contributed by atoms with Crippen molar-refractivity contribution >= 4 is 5.78 Å². The molecule has 0 radical (unpaired) electrons. The molecule has 4 fully saturated rings. The minimum atomic E-state index is -1.07. The zero-order chi connectivity index (χ0) is 15.7. The van der Waals surface area contributed by atoms with E-state index < -0.39 is 12.3 Å². The Morgan fingerprint density at radius 2 is 1.91 bits per heavy atom. The van der Waals surface area contributed by atoms with E-state index in [4.69, 9.17) is 0 Å². The molecule has 0 aromatic rings. The number of Topliss-reactive ketones (excluding diaryl/α,β-unsaturated/α-hetero) is 1. The van der Waals surface area contributed by atoms with E-state index in [2.05, 4.69) is 13.8 Å². The lowest BCUT2D eigenvalue weighted by Crippen LogP contribution is -2.56. The van der Waals surface area contributed by atoms with Crippen LogP contribution in [0.15, 0.2) is 0 Å². The molecule has 4 rings (SSSR count). The van der Waals surface area contributed by atoms with E-state index in [9.17, 15) is 14.3 Å². The van der Waals surface area contributed by atoms with E-state index in [0.29, 0.717) is 30.0 Å². The van der Waals surface area contributed by atoms with E-state index in [1.807, 2.05) is 0 Å². The van der Waals surface area contributed by atoms with Crippen molar-refractivity contribution in [2.75, 3.05) is 0 Å². The summed E-state index contributed by atoms with van der Waals surface area (Å²) in [6, 6.07) is 0. The molecule has 8 atom stereocenters. The summed E-state index contributed by atoms with van der Waals surface area (Å²) in [5, 5.41) is 10.3. The second-order valence-corrected chi connectivity index (χ2v) is 8.99. The Hall–Kier alpha value is -0.440. The summed E-state index contributed by atoms with van der Waals surface area (Å²) in [4.78, 5) is 12.8. The molecule has 0 bridgehead atoms. The molecule has 0 aromatic carbocycles. The summed E-state index contributed by atoms with van der Waals surface area (Å²) in [6.45, 7) is 4.31. The van der Waals surface area contributed by atoms with E-state index in [-0.39, 0.29) is 16.7 Å². The number of fused-ring (bicyclic) bond motifs is 5. The van der Waals surface area contributed by atoms with Crippen molar-refractivity contribution in [1.82, 2.24) is 0 Å². The largest absolute Gasteiger partial charge is 0.390 e. The molecule has 4 aliphatic rings. The number of aliphatic hydroxyl groups is 1. The van der Waals surface area contributed by atoms with Gasteiger partial charge in [0, 0.05) is 11.8 Å². The number of aliphatic hydroxyl groups excluding tert-OH is 1. The smallest absolute Gasteiger partial charge is 0.139 e. The van der Waals surface area contributed by atoms with Crippen LogP contribution in [0.4, 0.5) is 4.39 Å². The zero-order valence-corrected chi connectivity index (χ0v) is 13.9. The molecule has 0 amide bonds. The van der Waals surface area contributed by atoms with Gasteiger partial charge in [-0.15, -0.1) is 0 Å². The van der Waals surface area contributed by atoms with E-state index in [1.54, 1.807) is 0 Å². The Bertz CT molecular complexity index is 492. The highest BCUT2D eigenvalue weighted by atomic mass is 19.1. The fourth-order valence-electron chi connectivity index (χ4n) is 7.03. The lowest BCUT2D eigenvalue weighted by Gasteiger charge is -2.59. The molecule has 124 valence electrons. The normalized spacial score (nSPS) is 57.9. The molecule has 2 nitrogen and oxygen atoms in total. The standard InChI is InChI=1S/C19H29FO2/c1-18-9-8-13-12(14(18)10-15(20)17(18)22)7-6-11-4-3-5-16(21)19(11,13)2/h11-15,17,22H,3-10H2,1-2H3/t11?,12-,13+,14+,15-,17-,18+,19+/m1/s1. The van der Waals surface area contributed by atoms with Crippen LogP contribution in [-0.2, 0) is 4.79 Å². The van der Waals surface area contributed by atoms with Crippen molar-refractivity contribution in [3.8, 4) is 0 Å². The van der Waals surface area contributed by atoms with Crippen LogP contribution in [0, 0.1) is 34.5 Å². The summed E-state index contributed by atoms with van der Waals surface area (Å²) in [5.41, 5.74) is -0.427. The highest BCUT2D eigenvalue weighted by molar-refractivity contribution is 5.86. The second kappa shape index (κ2) is 4.78. The molecule has 22 heavy (non-hydrogen) atoms. The first-order valence-corrected chi connectivity index (χ1v) is 9.24. The Labute approximate surface area is 132 Å².